The van der Waals surface area contributed by atoms with E-state index in [0.29, 0.717) is 31.0 Å². The van der Waals surface area contributed by atoms with E-state index in [1.165, 1.54) is 0 Å². The SMILES string of the molecule is CCC1C(N2CCC3(CC2)OC(=O)N(CC(C)C)C3CC)CC12CCN(C(=O)O)C2. The predicted molar refractivity (Wildman–Crippen MR) is 114 cm³/mol. The van der Waals surface area contributed by atoms with Gasteiger partial charge in [-0.1, -0.05) is 34.1 Å². The van der Waals surface area contributed by atoms with Gasteiger partial charge >= 0.3 is 12.2 Å². The third kappa shape index (κ3) is 3.37. The summed E-state index contributed by atoms with van der Waals surface area (Å²) in [6, 6.07) is 0.730. The van der Waals surface area contributed by atoms with Gasteiger partial charge in [-0.2, -0.15) is 0 Å². The fraction of sp³-hybridized carbons (Fsp3) is 0.913. The first kappa shape index (κ1) is 21.7. The number of hydrogen-bond acceptors (Lipinski definition) is 4. The van der Waals surface area contributed by atoms with Gasteiger partial charge in [-0.05, 0) is 36.5 Å². The van der Waals surface area contributed by atoms with Crippen molar-refractivity contribution >= 4 is 12.2 Å². The monoisotopic (exact) mass is 421 g/mol. The van der Waals surface area contributed by atoms with E-state index in [-0.39, 0.29) is 23.2 Å². The molecular weight excluding hydrogens is 382 g/mol. The lowest BCUT2D eigenvalue weighted by Gasteiger charge is -2.58. The van der Waals surface area contributed by atoms with Crippen LogP contribution in [0.1, 0.15) is 66.2 Å². The Labute approximate surface area is 180 Å². The van der Waals surface area contributed by atoms with Crippen molar-refractivity contribution in [1.29, 1.82) is 0 Å². The number of carbonyl (C=O) groups is 2. The summed E-state index contributed by atoms with van der Waals surface area (Å²) in [5.74, 6) is 1.01. The minimum absolute atomic E-state index is 0.127. The molecule has 3 heterocycles. The van der Waals surface area contributed by atoms with Crippen molar-refractivity contribution in [3.05, 3.63) is 0 Å². The molecule has 1 aliphatic carbocycles. The molecule has 0 aromatic heterocycles. The van der Waals surface area contributed by atoms with Crippen molar-refractivity contribution in [2.75, 3.05) is 32.7 Å². The quantitative estimate of drug-likeness (QED) is 0.729. The van der Waals surface area contributed by atoms with Gasteiger partial charge in [0.25, 0.3) is 0 Å². The largest absolute Gasteiger partial charge is 0.465 e. The molecule has 2 amide bonds. The highest BCUT2D eigenvalue weighted by Gasteiger charge is 2.60. The number of carbonyl (C=O) groups excluding carboxylic acids is 1. The molecule has 7 nitrogen and oxygen atoms in total. The lowest BCUT2D eigenvalue weighted by Crippen LogP contribution is -2.63. The molecule has 170 valence electrons. The fourth-order valence-electron chi connectivity index (χ4n) is 7.14. The van der Waals surface area contributed by atoms with Gasteiger partial charge in [0.05, 0.1) is 6.04 Å². The Morgan fingerprint density at radius 2 is 1.87 bits per heavy atom. The molecule has 0 bridgehead atoms. The van der Waals surface area contributed by atoms with Crippen LogP contribution < -0.4 is 0 Å². The maximum absolute atomic E-state index is 12.6. The third-order valence-corrected chi connectivity index (χ3v) is 8.53. The Morgan fingerprint density at radius 3 is 2.40 bits per heavy atom. The predicted octanol–water partition coefficient (Wildman–Crippen LogP) is 3.88. The maximum atomic E-state index is 12.6. The molecule has 30 heavy (non-hydrogen) atoms. The lowest BCUT2D eigenvalue weighted by atomic mass is 9.54. The zero-order valence-electron chi connectivity index (χ0n) is 19.1. The molecule has 0 aromatic rings. The van der Waals surface area contributed by atoms with Gasteiger partial charge in [-0.15, -0.1) is 0 Å². The van der Waals surface area contributed by atoms with Crippen molar-refractivity contribution in [2.24, 2.45) is 17.3 Å². The Hall–Kier alpha value is -1.50. The van der Waals surface area contributed by atoms with E-state index in [1.54, 1.807) is 4.90 Å². The maximum Gasteiger partial charge on any atom is 0.410 e. The van der Waals surface area contributed by atoms with Crippen molar-refractivity contribution in [3.8, 4) is 0 Å². The summed E-state index contributed by atoms with van der Waals surface area (Å²) in [5.41, 5.74) is -0.138. The molecule has 4 rings (SSSR count). The summed E-state index contributed by atoms with van der Waals surface area (Å²) >= 11 is 0. The van der Waals surface area contributed by atoms with E-state index in [4.69, 9.17) is 4.74 Å². The van der Waals surface area contributed by atoms with Crippen LogP contribution in [-0.2, 0) is 4.74 Å². The average Bonchev–Trinajstić information content (AvgIpc) is 3.23. The van der Waals surface area contributed by atoms with Crippen molar-refractivity contribution < 1.29 is 19.4 Å². The molecule has 7 heteroatoms. The second-order valence-electron chi connectivity index (χ2n) is 10.5. The summed E-state index contributed by atoms with van der Waals surface area (Å²) in [6.45, 7) is 12.8. The van der Waals surface area contributed by atoms with Crippen molar-refractivity contribution in [1.82, 2.24) is 14.7 Å². The van der Waals surface area contributed by atoms with Crippen LogP contribution in [0.25, 0.3) is 0 Å². The van der Waals surface area contributed by atoms with E-state index in [9.17, 15) is 14.7 Å². The molecule has 1 saturated carbocycles. The minimum Gasteiger partial charge on any atom is -0.465 e. The molecular formula is C23H39N3O4. The van der Waals surface area contributed by atoms with Gasteiger partial charge in [0, 0.05) is 51.6 Å². The number of hydrogen-bond donors (Lipinski definition) is 1. The van der Waals surface area contributed by atoms with Crippen molar-refractivity contribution in [2.45, 2.75) is 83.9 Å². The molecule has 2 spiro atoms. The summed E-state index contributed by atoms with van der Waals surface area (Å²) in [4.78, 5) is 30.2. The normalized spacial score (nSPS) is 36.0. The standard InChI is InChI=1S/C23H39N3O4/c1-5-17-18(13-22(17)7-10-25(15-22)20(27)28)24-11-8-23(9-12-24)19(6-2)26(14-16(3)4)21(29)30-23/h16-19H,5-15H2,1-4H3,(H,27,28). The van der Waals surface area contributed by atoms with Gasteiger partial charge in [0.1, 0.15) is 5.60 Å². The molecule has 4 aliphatic rings. The van der Waals surface area contributed by atoms with E-state index >= 15 is 0 Å². The third-order valence-electron chi connectivity index (χ3n) is 8.53. The lowest BCUT2D eigenvalue weighted by molar-refractivity contribution is -0.104. The number of nitrogens with zero attached hydrogens (tertiary/aromatic N) is 3. The van der Waals surface area contributed by atoms with Crippen LogP contribution in [0, 0.1) is 17.3 Å². The summed E-state index contributed by atoms with van der Waals surface area (Å²) < 4.78 is 6.06. The first-order valence-corrected chi connectivity index (χ1v) is 12.0. The van der Waals surface area contributed by atoms with Crippen LogP contribution in [0.5, 0.6) is 0 Å². The summed E-state index contributed by atoms with van der Waals surface area (Å²) in [5, 5.41) is 9.37. The van der Waals surface area contributed by atoms with Crippen LogP contribution in [0.2, 0.25) is 0 Å². The first-order valence-electron chi connectivity index (χ1n) is 12.0. The zero-order chi connectivity index (χ0) is 21.7. The van der Waals surface area contributed by atoms with Crippen molar-refractivity contribution in [3.63, 3.8) is 0 Å². The highest BCUT2D eigenvalue weighted by atomic mass is 16.6. The molecule has 4 fully saturated rings. The number of carboxylic acid groups (broad SMARTS) is 1. The van der Waals surface area contributed by atoms with Gasteiger partial charge in [-0.25, -0.2) is 9.59 Å². The highest BCUT2D eigenvalue weighted by Crippen LogP contribution is 2.57. The molecule has 1 N–H and O–H groups in total. The van der Waals surface area contributed by atoms with Crippen LogP contribution in [-0.4, -0.2) is 82.4 Å². The zero-order valence-corrected chi connectivity index (χ0v) is 19.1. The van der Waals surface area contributed by atoms with Crippen LogP contribution in [0.3, 0.4) is 0 Å². The summed E-state index contributed by atoms with van der Waals surface area (Å²) in [7, 11) is 0. The summed E-state index contributed by atoms with van der Waals surface area (Å²) in [6.07, 6.45) is 5.08. The van der Waals surface area contributed by atoms with E-state index in [2.05, 4.69) is 32.6 Å². The Bertz CT molecular complexity index is 675. The number of amides is 2. The first-order chi connectivity index (χ1) is 14.2. The smallest absolute Gasteiger partial charge is 0.410 e. The molecule has 3 saturated heterocycles. The van der Waals surface area contributed by atoms with Crippen LogP contribution in [0.15, 0.2) is 0 Å². The van der Waals surface area contributed by atoms with Crippen LogP contribution >= 0.6 is 0 Å². The number of piperidine rings is 1. The molecule has 4 atom stereocenters. The Kier molecular flexibility index (Phi) is 5.71. The second-order valence-corrected chi connectivity index (χ2v) is 10.5. The molecule has 4 unspecified atom stereocenters. The number of rotatable bonds is 5. The van der Waals surface area contributed by atoms with Gasteiger partial charge < -0.3 is 19.6 Å². The molecule has 0 aromatic carbocycles. The molecule has 0 radical (unpaired) electrons. The van der Waals surface area contributed by atoms with E-state index in [0.717, 1.165) is 58.2 Å². The second kappa shape index (κ2) is 7.88. The van der Waals surface area contributed by atoms with Gasteiger partial charge in [0.15, 0.2) is 0 Å². The molecule has 3 aliphatic heterocycles. The Balaban J connectivity index is 1.39. The Morgan fingerprint density at radius 1 is 1.17 bits per heavy atom. The van der Waals surface area contributed by atoms with E-state index in [1.807, 2.05) is 4.90 Å². The van der Waals surface area contributed by atoms with Crippen LogP contribution in [0.4, 0.5) is 9.59 Å². The highest BCUT2D eigenvalue weighted by molar-refractivity contribution is 5.71. The number of ether oxygens (including phenoxy) is 1. The van der Waals surface area contributed by atoms with Gasteiger partial charge in [-0.3, -0.25) is 4.90 Å². The minimum atomic E-state index is -0.773. The van der Waals surface area contributed by atoms with Gasteiger partial charge in [0.2, 0.25) is 0 Å². The number of likely N-dealkylation sites (tertiary alicyclic amines) is 2. The average molecular weight is 422 g/mol. The fourth-order valence-corrected chi connectivity index (χ4v) is 7.14. The van der Waals surface area contributed by atoms with E-state index < -0.39 is 6.09 Å². The topological polar surface area (TPSA) is 73.3 Å².